The molecule has 1 N–H and O–H groups in total. The molecule has 8 nitrogen and oxygen atoms in total. The molecule has 1 aromatic heterocycles. The van der Waals surface area contributed by atoms with Gasteiger partial charge in [-0.15, -0.1) is 0 Å². The van der Waals surface area contributed by atoms with Gasteiger partial charge in [0.05, 0.1) is 18.4 Å². The van der Waals surface area contributed by atoms with Gasteiger partial charge in [-0.1, -0.05) is 25.1 Å². The van der Waals surface area contributed by atoms with E-state index in [1.54, 1.807) is 42.5 Å². The molecular weight excluding hydrogens is 436 g/mol. The number of esters is 1. The summed E-state index contributed by atoms with van der Waals surface area (Å²) >= 11 is 0. The van der Waals surface area contributed by atoms with Gasteiger partial charge in [-0.2, -0.15) is 0 Å². The van der Waals surface area contributed by atoms with Crippen LogP contribution in [0, 0.1) is 6.92 Å². The lowest BCUT2D eigenvalue weighted by Crippen LogP contribution is -2.54. The number of aryl methyl sites for hydroxylation is 2. The number of nitrogens with zero attached hydrogens (tertiary/aromatic N) is 1. The van der Waals surface area contributed by atoms with E-state index >= 15 is 0 Å². The number of anilines is 1. The number of benzene rings is 2. The molecule has 1 aliphatic rings. The average Bonchev–Trinajstić information content (AvgIpc) is 3.29. The van der Waals surface area contributed by atoms with E-state index in [1.165, 1.54) is 13.2 Å². The summed E-state index contributed by atoms with van der Waals surface area (Å²) in [4.78, 5) is 50.5. The van der Waals surface area contributed by atoms with Gasteiger partial charge in [-0.25, -0.2) is 14.5 Å². The largest absolute Gasteiger partial charge is 0.465 e. The Bertz CT molecular complexity index is 1330. The van der Waals surface area contributed by atoms with Crippen LogP contribution in [-0.4, -0.2) is 30.9 Å². The summed E-state index contributed by atoms with van der Waals surface area (Å²) in [6, 6.07) is 14.5. The van der Waals surface area contributed by atoms with Crippen molar-refractivity contribution in [3.05, 3.63) is 82.6 Å². The van der Waals surface area contributed by atoms with Crippen molar-refractivity contribution in [2.45, 2.75) is 20.3 Å². The Morgan fingerprint density at radius 2 is 1.79 bits per heavy atom. The molecule has 4 rings (SSSR count). The highest BCUT2D eigenvalue weighted by Crippen LogP contribution is 2.28. The first-order valence-electron chi connectivity index (χ1n) is 10.6. The number of urea groups is 1. The monoisotopic (exact) mass is 458 g/mol. The third-order valence-corrected chi connectivity index (χ3v) is 5.53. The second kappa shape index (κ2) is 9.19. The van der Waals surface area contributed by atoms with Gasteiger partial charge in [0.25, 0.3) is 11.8 Å². The van der Waals surface area contributed by atoms with E-state index in [0.717, 1.165) is 28.0 Å². The third-order valence-electron chi connectivity index (χ3n) is 5.53. The zero-order chi connectivity index (χ0) is 24.4. The number of imide groups is 2. The Kier molecular flexibility index (Phi) is 6.14. The van der Waals surface area contributed by atoms with Crippen molar-refractivity contribution >= 4 is 35.6 Å². The molecule has 4 amide bonds. The van der Waals surface area contributed by atoms with Crippen LogP contribution in [0.1, 0.15) is 34.2 Å². The zero-order valence-electron chi connectivity index (χ0n) is 18.9. The number of rotatable bonds is 5. The minimum atomic E-state index is -0.808. The highest BCUT2D eigenvalue weighted by Gasteiger charge is 2.37. The Morgan fingerprint density at radius 3 is 2.44 bits per heavy atom. The Morgan fingerprint density at radius 1 is 1.06 bits per heavy atom. The number of hydrogen-bond acceptors (Lipinski definition) is 6. The van der Waals surface area contributed by atoms with Crippen LogP contribution in [0.3, 0.4) is 0 Å². The zero-order valence-corrected chi connectivity index (χ0v) is 18.9. The maximum absolute atomic E-state index is 13.1. The molecule has 0 atom stereocenters. The lowest BCUT2D eigenvalue weighted by atomic mass is 10.0. The average molecular weight is 458 g/mol. The van der Waals surface area contributed by atoms with E-state index in [4.69, 9.17) is 9.15 Å². The maximum atomic E-state index is 13.1. The van der Waals surface area contributed by atoms with Gasteiger partial charge in [-0.3, -0.25) is 14.9 Å². The number of methoxy groups -OCH3 is 1. The van der Waals surface area contributed by atoms with Gasteiger partial charge < -0.3 is 9.15 Å². The van der Waals surface area contributed by atoms with Gasteiger partial charge in [0.2, 0.25) is 0 Å². The van der Waals surface area contributed by atoms with Crippen LogP contribution in [-0.2, 0) is 20.7 Å². The van der Waals surface area contributed by atoms with Crippen LogP contribution in [0.5, 0.6) is 0 Å². The van der Waals surface area contributed by atoms with Crippen LogP contribution in [0.25, 0.3) is 17.4 Å². The molecule has 2 aromatic carbocycles. The second-order valence-electron chi connectivity index (χ2n) is 7.70. The number of carbonyl (C=O) groups is 4. The fraction of sp³-hybridized carbons (Fsp3) is 0.154. The number of barbiturate groups is 1. The Hall–Kier alpha value is -4.46. The fourth-order valence-corrected chi connectivity index (χ4v) is 3.68. The number of amides is 4. The number of ether oxygens (including phenoxy) is 1. The Balaban J connectivity index is 1.63. The minimum Gasteiger partial charge on any atom is -0.465 e. The minimum absolute atomic E-state index is 0.224. The van der Waals surface area contributed by atoms with Crippen LogP contribution in [0.2, 0.25) is 0 Å². The molecule has 0 bridgehead atoms. The summed E-state index contributed by atoms with van der Waals surface area (Å²) in [6.07, 6.45) is 2.12. The summed E-state index contributed by atoms with van der Waals surface area (Å²) in [5.41, 5.74) is 3.13. The normalized spacial score (nSPS) is 15.0. The second-order valence-corrected chi connectivity index (χ2v) is 7.70. The summed E-state index contributed by atoms with van der Waals surface area (Å²) in [7, 11) is 1.31. The Labute approximate surface area is 195 Å². The molecule has 1 aliphatic heterocycles. The first kappa shape index (κ1) is 22.7. The third kappa shape index (κ3) is 4.25. The molecule has 0 spiro atoms. The van der Waals surface area contributed by atoms with Crippen LogP contribution < -0.4 is 10.2 Å². The van der Waals surface area contributed by atoms with Crippen LogP contribution >= 0.6 is 0 Å². The standard InChI is InChI=1S/C26H22N2O6/c1-4-16-5-8-18(9-6-16)28-24(30)21(23(29)27-26(28)32)14-19-10-12-22(34-19)20-11-7-17(13-15(20)2)25(31)33-3/h5-14H,4H2,1-3H3,(H,27,29,32)/b21-14-. The van der Waals surface area contributed by atoms with E-state index in [-0.39, 0.29) is 11.3 Å². The molecule has 172 valence electrons. The summed E-state index contributed by atoms with van der Waals surface area (Å²) in [6.45, 7) is 3.83. The lowest BCUT2D eigenvalue weighted by Gasteiger charge is -2.26. The number of carbonyl (C=O) groups excluding carboxylic acids is 4. The molecule has 1 fully saturated rings. The molecule has 0 unspecified atom stereocenters. The topological polar surface area (TPSA) is 106 Å². The molecule has 0 aliphatic carbocycles. The van der Waals surface area contributed by atoms with Crippen LogP contribution in [0.4, 0.5) is 10.5 Å². The van der Waals surface area contributed by atoms with E-state index < -0.39 is 23.8 Å². The highest BCUT2D eigenvalue weighted by atomic mass is 16.5. The van der Waals surface area contributed by atoms with Crippen LogP contribution in [0.15, 0.2) is 64.6 Å². The van der Waals surface area contributed by atoms with Crippen molar-refractivity contribution in [3.63, 3.8) is 0 Å². The fourth-order valence-electron chi connectivity index (χ4n) is 3.68. The van der Waals surface area contributed by atoms with Crippen molar-refractivity contribution in [2.24, 2.45) is 0 Å². The quantitative estimate of drug-likeness (QED) is 0.348. The van der Waals surface area contributed by atoms with E-state index in [0.29, 0.717) is 17.0 Å². The van der Waals surface area contributed by atoms with Crippen molar-refractivity contribution in [1.29, 1.82) is 0 Å². The molecule has 0 saturated carbocycles. The number of hydrogen-bond donors (Lipinski definition) is 1. The molecular formula is C26H22N2O6. The van der Waals surface area contributed by atoms with Gasteiger partial charge in [-0.05, 0) is 66.9 Å². The van der Waals surface area contributed by atoms with Crippen molar-refractivity contribution in [3.8, 4) is 11.3 Å². The molecule has 1 saturated heterocycles. The highest BCUT2D eigenvalue weighted by molar-refractivity contribution is 6.39. The molecule has 3 aromatic rings. The smallest absolute Gasteiger partial charge is 0.337 e. The SMILES string of the molecule is CCc1ccc(N2C(=O)NC(=O)/C(=C/c3ccc(-c4ccc(C(=O)OC)cc4C)o3)C2=O)cc1. The van der Waals surface area contributed by atoms with E-state index in [2.05, 4.69) is 5.32 Å². The van der Waals surface area contributed by atoms with Crippen molar-refractivity contribution < 1.29 is 28.3 Å². The summed E-state index contributed by atoms with van der Waals surface area (Å²) in [5.74, 6) is -1.22. The predicted octanol–water partition coefficient (Wildman–Crippen LogP) is 4.27. The maximum Gasteiger partial charge on any atom is 0.337 e. The van der Waals surface area contributed by atoms with Gasteiger partial charge in [0.1, 0.15) is 17.1 Å². The first-order chi connectivity index (χ1) is 16.3. The molecule has 8 heteroatoms. The van der Waals surface area contributed by atoms with Gasteiger partial charge in [0.15, 0.2) is 0 Å². The molecule has 34 heavy (non-hydrogen) atoms. The number of nitrogens with one attached hydrogen (secondary N) is 1. The predicted molar refractivity (Wildman–Crippen MR) is 125 cm³/mol. The first-order valence-corrected chi connectivity index (χ1v) is 10.6. The van der Waals surface area contributed by atoms with E-state index in [9.17, 15) is 19.2 Å². The molecule has 2 heterocycles. The van der Waals surface area contributed by atoms with Crippen molar-refractivity contribution in [2.75, 3.05) is 12.0 Å². The summed E-state index contributed by atoms with van der Waals surface area (Å²) < 4.78 is 10.6. The molecule has 0 radical (unpaired) electrons. The van der Waals surface area contributed by atoms with Gasteiger partial charge >= 0.3 is 12.0 Å². The van der Waals surface area contributed by atoms with Crippen molar-refractivity contribution in [1.82, 2.24) is 5.32 Å². The van der Waals surface area contributed by atoms with E-state index in [1.807, 2.05) is 26.0 Å². The number of furan rings is 1. The lowest BCUT2D eigenvalue weighted by molar-refractivity contribution is -0.122. The summed E-state index contributed by atoms with van der Waals surface area (Å²) in [5, 5.41) is 2.20. The van der Waals surface area contributed by atoms with Gasteiger partial charge in [0, 0.05) is 5.56 Å².